The molecule has 0 bridgehead atoms. The van der Waals surface area contributed by atoms with Gasteiger partial charge in [-0.1, -0.05) is 0 Å². The van der Waals surface area contributed by atoms with E-state index in [1.165, 1.54) is 13.2 Å². The minimum atomic E-state index is -0.476. The molecule has 1 aromatic rings. The van der Waals surface area contributed by atoms with E-state index in [1.807, 2.05) is 0 Å². The first-order valence-electron chi connectivity index (χ1n) is 10.2. The highest BCUT2D eigenvalue weighted by Gasteiger charge is 2.51. The van der Waals surface area contributed by atoms with Crippen molar-refractivity contribution < 1.29 is 28.9 Å². The fourth-order valence-corrected chi connectivity index (χ4v) is 4.56. The summed E-state index contributed by atoms with van der Waals surface area (Å²) in [6.45, 7) is 4.96. The Bertz CT molecular complexity index is 768. The number of cyclic esters (lactones) is 1. The van der Waals surface area contributed by atoms with Crippen LogP contribution in [0.2, 0.25) is 0 Å². The van der Waals surface area contributed by atoms with Crippen molar-refractivity contribution in [1.29, 1.82) is 0 Å². The van der Waals surface area contributed by atoms with Crippen LogP contribution in [0, 0.1) is 5.41 Å². The fourth-order valence-electron chi connectivity index (χ4n) is 4.56. The average Bonchev–Trinajstić information content (AvgIpc) is 3.03. The summed E-state index contributed by atoms with van der Waals surface area (Å²) in [5, 5.41) is 9.94. The number of likely N-dealkylation sites (tertiary alicyclic amines) is 1. The third-order valence-corrected chi connectivity index (χ3v) is 6.32. The molecule has 8 heteroatoms. The zero-order valence-corrected chi connectivity index (χ0v) is 16.8. The summed E-state index contributed by atoms with van der Waals surface area (Å²) in [5.41, 5.74) is -0.0612. The zero-order valence-electron chi connectivity index (χ0n) is 16.8. The summed E-state index contributed by atoms with van der Waals surface area (Å²) in [6.07, 6.45) is 1.86. The number of esters is 1. The van der Waals surface area contributed by atoms with Crippen molar-refractivity contribution in [3.05, 3.63) is 23.8 Å². The predicted molar refractivity (Wildman–Crippen MR) is 104 cm³/mol. The molecule has 3 saturated heterocycles. The van der Waals surface area contributed by atoms with Crippen LogP contribution in [-0.4, -0.2) is 85.9 Å². The Kier molecular flexibility index (Phi) is 5.65. The second kappa shape index (κ2) is 8.20. The number of rotatable bonds is 4. The third kappa shape index (κ3) is 4.04. The topological polar surface area (TPSA) is 88.5 Å². The van der Waals surface area contributed by atoms with E-state index in [0.717, 1.165) is 32.8 Å². The lowest BCUT2D eigenvalue weighted by Gasteiger charge is -2.36. The van der Waals surface area contributed by atoms with Gasteiger partial charge in [-0.25, -0.2) is 0 Å². The number of morpholine rings is 1. The highest BCUT2D eigenvalue weighted by atomic mass is 16.6. The molecule has 3 aliphatic heterocycles. The maximum absolute atomic E-state index is 12.8. The van der Waals surface area contributed by atoms with E-state index < -0.39 is 5.41 Å². The van der Waals surface area contributed by atoms with E-state index in [-0.39, 0.29) is 23.7 Å². The summed E-state index contributed by atoms with van der Waals surface area (Å²) in [7, 11) is 1.47. The first-order chi connectivity index (χ1) is 14.0. The van der Waals surface area contributed by atoms with Crippen LogP contribution in [0.4, 0.5) is 0 Å². The molecule has 8 nitrogen and oxygen atoms in total. The predicted octanol–water partition coefficient (Wildman–Crippen LogP) is 1.27. The number of nitrogens with zero attached hydrogens (tertiary/aromatic N) is 2. The molecule has 29 heavy (non-hydrogen) atoms. The van der Waals surface area contributed by atoms with E-state index >= 15 is 0 Å². The number of carbonyl (C=O) groups is 2. The molecule has 0 radical (unpaired) electrons. The number of piperidine rings is 1. The Balaban J connectivity index is 1.35. The Morgan fingerprint density at radius 2 is 1.97 bits per heavy atom. The van der Waals surface area contributed by atoms with Crippen molar-refractivity contribution in [3.63, 3.8) is 0 Å². The SMILES string of the molecule is COc1ccc(C(=O)N2CCC3(CC2)CC(CN2CCOCC2)OC3=O)cc1O. The molecular formula is C21H28N2O6. The standard InChI is InChI=1S/C21H28N2O6/c1-27-18-3-2-15(12-17(18)24)19(25)23-6-4-21(5-7-23)13-16(29-20(21)26)14-22-8-10-28-11-9-22/h2-3,12,16,24H,4-11,13-14H2,1H3. The Morgan fingerprint density at radius 3 is 2.62 bits per heavy atom. The largest absolute Gasteiger partial charge is 0.504 e. The van der Waals surface area contributed by atoms with E-state index in [1.54, 1.807) is 17.0 Å². The van der Waals surface area contributed by atoms with E-state index in [0.29, 0.717) is 43.7 Å². The Labute approximate surface area is 170 Å². The van der Waals surface area contributed by atoms with Gasteiger partial charge in [0.15, 0.2) is 11.5 Å². The molecule has 1 spiro atoms. The Hall–Kier alpha value is -2.32. The zero-order chi connectivity index (χ0) is 20.4. The molecular weight excluding hydrogens is 376 g/mol. The van der Waals surface area contributed by atoms with Crippen LogP contribution in [0.3, 0.4) is 0 Å². The van der Waals surface area contributed by atoms with Gasteiger partial charge >= 0.3 is 5.97 Å². The van der Waals surface area contributed by atoms with Crippen molar-refractivity contribution in [2.45, 2.75) is 25.4 Å². The Morgan fingerprint density at radius 1 is 1.24 bits per heavy atom. The van der Waals surface area contributed by atoms with Crippen LogP contribution >= 0.6 is 0 Å². The number of phenols is 1. The lowest BCUT2D eigenvalue weighted by atomic mass is 9.76. The molecule has 3 heterocycles. The highest BCUT2D eigenvalue weighted by molar-refractivity contribution is 5.95. The van der Waals surface area contributed by atoms with E-state index in [2.05, 4.69) is 4.90 Å². The van der Waals surface area contributed by atoms with Gasteiger partial charge in [0.2, 0.25) is 0 Å². The van der Waals surface area contributed by atoms with Gasteiger partial charge in [0, 0.05) is 44.7 Å². The lowest BCUT2D eigenvalue weighted by molar-refractivity contribution is -0.151. The molecule has 1 N–H and O–H groups in total. The lowest BCUT2D eigenvalue weighted by Crippen LogP contribution is -2.45. The molecule has 1 amide bonds. The van der Waals surface area contributed by atoms with Gasteiger partial charge < -0.3 is 24.2 Å². The maximum Gasteiger partial charge on any atom is 0.312 e. The van der Waals surface area contributed by atoms with Gasteiger partial charge in [0.1, 0.15) is 6.10 Å². The summed E-state index contributed by atoms with van der Waals surface area (Å²) >= 11 is 0. The molecule has 4 rings (SSSR count). The molecule has 3 aliphatic rings. The average molecular weight is 404 g/mol. The number of ether oxygens (including phenoxy) is 3. The van der Waals surface area contributed by atoms with Crippen LogP contribution in [0.15, 0.2) is 18.2 Å². The first-order valence-corrected chi connectivity index (χ1v) is 10.2. The second-order valence-corrected chi connectivity index (χ2v) is 8.10. The molecule has 0 aromatic heterocycles. The quantitative estimate of drug-likeness (QED) is 0.756. The smallest absolute Gasteiger partial charge is 0.312 e. The number of amides is 1. The van der Waals surface area contributed by atoms with Crippen LogP contribution < -0.4 is 4.74 Å². The van der Waals surface area contributed by atoms with Gasteiger partial charge in [-0.05, 0) is 31.0 Å². The molecule has 0 aliphatic carbocycles. The maximum atomic E-state index is 12.8. The highest BCUT2D eigenvalue weighted by Crippen LogP contribution is 2.43. The molecule has 1 aromatic carbocycles. The molecule has 1 atom stereocenters. The van der Waals surface area contributed by atoms with Crippen LogP contribution in [0.5, 0.6) is 11.5 Å². The molecule has 3 fully saturated rings. The molecule has 1 unspecified atom stereocenters. The van der Waals surface area contributed by atoms with Crippen molar-refractivity contribution in [3.8, 4) is 11.5 Å². The van der Waals surface area contributed by atoms with E-state index in [4.69, 9.17) is 14.2 Å². The van der Waals surface area contributed by atoms with Gasteiger partial charge in [0.25, 0.3) is 5.91 Å². The van der Waals surface area contributed by atoms with Crippen molar-refractivity contribution >= 4 is 11.9 Å². The van der Waals surface area contributed by atoms with Gasteiger partial charge in [-0.3, -0.25) is 14.5 Å². The molecule has 0 saturated carbocycles. The van der Waals surface area contributed by atoms with Crippen LogP contribution in [0.1, 0.15) is 29.6 Å². The van der Waals surface area contributed by atoms with Crippen LogP contribution in [0.25, 0.3) is 0 Å². The van der Waals surface area contributed by atoms with Gasteiger partial charge in [0.05, 0.1) is 25.7 Å². The minimum Gasteiger partial charge on any atom is -0.504 e. The number of carbonyl (C=O) groups excluding carboxylic acids is 2. The number of phenolic OH excluding ortho intramolecular Hbond substituents is 1. The number of hydrogen-bond acceptors (Lipinski definition) is 7. The summed E-state index contributed by atoms with van der Waals surface area (Å²) in [6, 6.07) is 4.65. The van der Waals surface area contributed by atoms with Crippen molar-refractivity contribution in [2.24, 2.45) is 5.41 Å². The number of methoxy groups -OCH3 is 1. The third-order valence-electron chi connectivity index (χ3n) is 6.32. The first kappa shape index (κ1) is 20.0. The van der Waals surface area contributed by atoms with Crippen molar-refractivity contribution in [2.75, 3.05) is 53.0 Å². The number of aromatic hydroxyl groups is 1. The van der Waals surface area contributed by atoms with Crippen molar-refractivity contribution in [1.82, 2.24) is 9.80 Å². The summed E-state index contributed by atoms with van der Waals surface area (Å²) in [4.78, 5) is 29.5. The van der Waals surface area contributed by atoms with Gasteiger partial charge in [-0.15, -0.1) is 0 Å². The van der Waals surface area contributed by atoms with Gasteiger partial charge in [-0.2, -0.15) is 0 Å². The normalized spacial score (nSPS) is 24.5. The van der Waals surface area contributed by atoms with Crippen LogP contribution in [-0.2, 0) is 14.3 Å². The van der Waals surface area contributed by atoms with E-state index in [9.17, 15) is 14.7 Å². The number of hydrogen-bond donors (Lipinski definition) is 1. The molecule has 158 valence electrons. The monoisotopic (exact) mass is 404 g/mol. The second-order valence-electron chi connectivity index (χ2n) is 8.10. The summed E-state index contributed by atoms with van der Waals surface area (Å²) in [5.74, 6) is 0.00953. The fraction of sp³-hybridized carbons (Fsp3) is 0.619. The number of benzene rings is 1. The summed E-state index contributed by atoms with van der Waals surface area (Å²) < 4.78 is 16.1. The minimum absolute atomic E-state index is 0.0582.